The summed E-state index contributed by atoms with van der Waals surface area (Å²) in [6.07, 6.45) is 2.86. The molecular weight excluding hydrogens is 330 g/mol. The normalized spacial score (nSPS) is 11.3. The Morgan fingerprint density at radius 2 is 1.75 bits per heavy atom. The van der Waals surface area contributed by atoms with Gasteiger partial charge in [-0.2, -0.15) is 0 Å². The van der Waals surface area contributed by atoms with Crippen molar-refractivity contribution in [3.8, 4) is 0 Å². The molecule has 0 spiro atoms. The van der Waals surface area contributed by atoms with Crippen molar-refractivity contribution in [1.82, 2.24) is 4.31 Å². The van der Waals surface area contributed by atoms with Crippen molar-refractivity contribution in [3.63, 3.8) is 0 Å². The van der Waals surface area contributed by atoms with Crippen LogP contribution < -0.4 is 10.6 Å². The summed E-state index contributed by atoms with van der Waals surface area (Å²) in [5, 5.41) is 5.34. The highest BCUT2D eigenvalue weighted by molar-refractivity contribution is 7.88. The van der Waals surface area contributed by atoms with Crippen molar-refractivity contribution in [2.24, 2.45) is 0 Å². The molecule has 24 heavy (non-hydrogen) atoms. The molecule has 0 aliphatic heterocycles. The van der Waals surface area contributed by atoms with Crippen LogP contribution >= 0.6 is 0 Å². The molecule has 0 radical (unpaired) electrons. The number of carbonyl (C=O) groups excluding carboxylic acids is 2. The van der Waals surface area contributed by atoms with E-state index >= 15 is 0 Å². The lowest BCUT2D eigenvalue weighted by molar-refractivity contribution is -0.116. The Morgan fingerprint density at radius 1 is 1.12 bits per heavy atom. The number of sulfonamides is 1. The van der Waals surface area contributed by atoms with Gasteiger partial charge in [0.1, 0.15) is 0 Å². The van der Waals surface area contributed by atoms with E-state index in [0.29, 0.717) is 17.9 Å². The van der Waals surface area contributed by atoms with Gasteiger partial charge in [-0.3, -0.25) is 9.59 Å². The summed E-state index contributed by atoms with van der Waals surface area (Å²) in [6.45, 7) is 3.95. The number of nitrogens with one attached hydrogen (secondary N) is 2. The third-order valence-electron chi connectivity index (χ3n) is 3.29. The first kappa shape index (κ1) is 20.1. The van der Waals surface area contributed by atoms with Crippen molar-refractivity contribution < 1.29 is 18.0 Å². The third-order valence-corrected chi connectivity index (χ3v) is 4.59. The van der Waals surface area contributed by atoms with E-state index in [2.05, 4.69) is 10.6 Å². The molecule has 0 aliphatic carbocycles. The predicted octanol–water partition coefficient (Wildman–Crippen LogP) is 2.04. The maximum Gasteiger partial charge on any atom is 0.225 e. The van der Waals surface area contributed by atoms with Gasteiger partial charge in [0, 0.05) is 37.8 Å². The summed E-state index contributed by atoms with van der Waals surface area (Å²) in [4.78, 5) is 23.1. The zero-order chi connectivity index (χ0) is 18.2. The lowest BCUT2D eigenvalue weighted by atomic mass is 10.2. The molecule has 1 aromatic carbocycles. The number of rotatable bonds is 9. The Bertz CT molecular complexity index is 674. The molecule has 0 aliphatic rings. The molecule has 0 bridgehead atoms. The van der Waals surface area contributed by atoms with E-state index in [-0.39, 0.29) is 24.8 Å². The molecule has 0 heterocycles. The third kappa shape index (κ3) is 7.56. The molecule has 134 valence electrons. The Balaban J connectivity index is 2.60. The molecule has 0 unspecified atom stereocenters. The van der Waals surface area contributed by atoms with E-state index in [4.69, 9.17) is 0 Å². The Morgan fingerprint density at radius 3 is 2.29 bits per heavy atom. The second kappa shape index (κ2) is 9.39. The number of unbranched alkanes of at least 4 members (excludes halogenated alkanes) is 1. The summed E-state index contributed by atoms with van der Waals surface area (Å²) in [6, 6.07) is 6.78. The SMILES string of the molecule is CCCCN(CCC(=O)Nc1cccc(NC(C)=O)c1)S(C)(=O)=O. The van der Waals surface area contributed by atoms with Crippen molar-refractivity contribution in [2.75, 3.05) is 30.0 Å². The monoisotopic (exact) mass is 355 g/mol. The summed E-state index contributed by atoms with van der Waals surface area (Å²) < 4.78 is 24.7. The second-order valence-corrected chi connectivity index (χ2v) is 7.56. The van der Waals surface area contributed by atoms with Gasteiger partial charge in [-0.05, 0) is 24.6 Å². The number of benzene rings is 1. The van der Waals surface area contributed by atoms with Crippen LogP contribution in [0.1, 0.15) is 33.1 Å². The quantitative estimate of drug-likeness (QED) is 0.708. The van der Waals surface area contributed by atoms with Crippen molar-refractivity contribution >= 4 is 33.2 Å². The molecular formula is C16H25N3O4S. The van der Waals surface area contributed by atoms with E-state index in [1.165, 1.54) is 11.2 Å². The van der Waals surface area contributed by atoms with E-state index in [1.54, 1.807) is 24.3 Å². The molecule has 7 nitrogen and oxygen atoms in total. The number of nitrogens with zero attached hydrogens (tertiary/aromatic N) is 1. The highest BCUT2D eigenvalue weighted by Crippen LogP contribution is 2.15. The summed E-state index contributed by atoms with van der Waals surface area (Å²) >= 11 is 0. The zero-order valence-electron chi connectivity index (χ0n) is 14.3. The van der Waals surface area contributed by atoms with E-state index < -0.39 is 10.0 Å². The van der Waals surface area contributed by atoms with Crippen LogP contribution in [0.3, 0.4) is 0 Å². The van der Waals surface area contributed by atoms with Gasteiger partial charge in [-0.1, -0.05) is 19.4 Å². The van der Waals surface area contributed by atoms with E-state index in [0.717, 1.165) is 19.1 Å². The first-order valence-electron chi connectivity index (χ1n) is 7.85. The summed E-state index contributed by atoms with van der Waals surface area (Å²) in [5.41, 5.74) is 1.13. The van der Waals surface area contributed by atoms with Crippen LogP contribution in [0, 0.1) is 0 Å². The van der Waals surface area contributed by atoms with Gasteiger partial charge in [-0.15, -0.1) is 0 Å². The Kier molecular flexibility index (Phi) is 7.87. The van der Waals surface area contributed by atoms with Crippen LogP contribution in [0.15, 0.2) is 24.3 Å². The second-order valence-electron chi connectivity index (χ2n) is 5.58. The number of carbonyl (C=O) groups is 2. The van der Waals surface area contributed by atoms with Gasteiger partial charge >= 0.3 is 0 Å². The van der Waals surface area contributed by atoms with Crippen LogP contribution in [0.2, 0.25) is 0 Å². The molecule has 8 heteroatoms. The average molecular weight is 355 g/mol. The summed E-state index contributed by atoms with van der Waals surface area (Å²) in [5.74, 6) is -0.474. The first-order chi connectivity index (χ1) is 11.2. The molecule has 0 saturated heterocycles. The van der Waals surface area contributed by atoms with Crippen LogP contribution in [-0.4, -0.2) is 43.9 Å². The molecule has 1 rings (SSSR count). The minimum absolute atomic E-state index is 0.0706. The number of hydrogen-bond acceptors (Lipinski definition) is 4. The van der Waals surface area contributed by atoms with Crippen molar-refractivity contribution in [2.45, 2.75) is 33.1 Å². The van der Waals surface area contributed by atoms with Gasteiger partial charge in [0.15, 0.2) is 0 Å². The smallest absolute Gasteiger partial charge is 0.225 e. The molecule has 0 saturated carbocycles. The van der Waals surface area contributed by atoms with Gasteiger partial charge in [0.25, 0.3) is 0 Å². The molecule has 2 N–H and O–H groups in total. The largest absolute Gasteiger partial charge is 0.326 e. The van der Waals surface area contributed by atoms with Crippen LogP contribution in [0.5, 0.6) is 0 Å². The summed E-state index contributed by atoms with van der Waals surface area (Å²) in [7, 11) is -3.32. The van der Waals surface area contributed by atoms with Crippen LogP contribution in [-0.2, 0) is 19.6 Å². The fraction of sp³-hybridized carbons (Fsp3) is 0.500. The van der Waals surface area contributed by atoms with Gasteiger partial charge in [-0.25, -0.2) is 12.7 Å². The van der Waals surface area contributed by atoms with Crippen molar-refractivity contribution in [3.05, 3.63) is 24.3 Å². The molecule has 0 fully saturated rings. The maximum atomic E-state index is 12.0. The minimum Gasteiger partial charge on any atom is -0.326 e. The lowest BCUT2D eigenvalue weighted by Crippen LogP contribution is -2.33. The number of anilines is 2. The maximum absolute atomic E-state index is 12.0. The van der Waals surface area contributed by atoms with E-state index in [9.17, 15) is 18.0 Å². The standard InChI is InChI=1S/C16H25N3O4S/c1-4-5-10-19(24(3,22)23)11-9-16(21)18-15-8-6-7-14(12-15)17-13(2)20/h6-8,12H,4-5,9-11H2,1-3H3,(H,17,20)(H,18,21). The first-order valence-corrected chi connectivity index (χ1v) is 9.70. The Hall–Kier alpha value is -1.93. The van der Waals surface area contributed by atoms with Crippen LogP contribution in [0.25, 0.3) is 0 Å². The average Bonchev–Trinajstić information content (AvgIpc) is 2.45. The van der Waals surface area contributed by atoms with E-state index in [1.807, 2.05) is 6.92 Å². The highest BCUT2D eigenvalue weighted by Gasteiger charge is 2.17. The predicted molar refractivity (Wildman–Crippen MR) is 95.3 cm³/mol. The fourth-order valence-electron chi connectivity index (χ4n) is 2.11. The minimum atomic E-state index is -3.32. The molecule has 0 atom stereocenters. The molecule has 1 aromatic rings. The zero-order valence-corrected chi connectivity index (χ0v) is 15.1. The van der Waals surface area contributed by atoms with Gasteiger partial charge in [0.05, 0.1) is 6.26 Å². The molecule has 0 aromatic heterocycles. The van der Waals surface area contributed by atoms with Gasteiger partial charge < -0.3 is 10.6 Å². The number of amides is 2. The fourth-order valence-corrected chi connectivity index (χ4v) is 2.99. The lowest BCUT2D eigenvalue weighted by Gasteiger charge is -2.19. The molecule has 2 amide bonds. The Labute approximate surface area is 143 Å². The van der Waals surface area contributed by atoms with Crippen molar-refractivity contribution in [1.29, 1.82) is 0 Å². The topological polar surface area (TPSA) is 95.6 Å². The highest BCUT2D eigenvalue weighted by atomic mass is 32.2. The number of hydrogen-bond donors (Lipinski definition) is 2. The van der Waals surface area contributed by atoms with Crippen LogP contribution in [0.4, 0.5) is 11.4 Å². The van der Waals surface area contributed by atoms with Gasteiger partial charge in [0.2, 0.25) is 21.8 Å².